The number of para-hydroxylation sites is 1. The molecule has 92 valence electrons. The fraction of sp³-hybridized carbons (Fsp3) is 0.417. The molecule has 5 heteroatoms. The maximum absolute atomic E-state index is 12.4. The molecule has 17 heavy (non-hydrogen) atoms. The van der Waals surface area contributed by atoms with Gasteiger partial charge in [0.05, 0.1) is 17.3 Å². The molecule has 3 nitrogen and oxygen atoms in total. The van der Waals surface area contributed by atoms with Gasteiger partial charge in [-0.15, -0.1) is 0 Å². The number of benzene rings is 1. The Labute approximate surface area is 98.2 Å². The average molecular weight is 239 g/mol. The first-order valence-electron chi connectivity index (χ1n) is 5.61. The van der Waals surface area contributed by atoms with E-state index in [1.54, 1.807) is 0 Å². The van der Waals surface area contributed by atoms with E-state index in [1.165, 1.54) is 0 Å². The molecule has 0 saturated carbocycles. The van der Waals surface area contributed by atoms with Crippen molar-refractivity contribution in [1.29, 1.82) is 0 Å². The summed E-state index contributed by atoms with van der Waals surface area (Å²) < 4.78 is 26.7. The second kappa shape index (κ2) is 4.79. The lowest BCUT2D eigenvalue weighted by Crippen LogP contribution is -2.31. The van der Waals surface area contributed by atoms with Crippen molar-refractivity contribution in [2.24, 2.45) is 5.73 Å². The second-order valence-electron chi connectivity index (χ2n) is 3.98. The Hall–Kier alpha value is -1.49. The van der Waals surface area contributed by atoms with Gasteiger partial charge in [-0.05, 0) is 13.0 Å². The zero-order valence-electron chi connectivity index (χ0n) is 9.61. The summed E-state index contributed by atoms with van der Waals surface area (Å²) in [5, 5.41) is 5.24. The van der Waals surface area contributed by atoms with Crippen LogP contribution in [0.15, 0.2) is 24.3 Å². The Morgan fingerprint density at radius 3 is 2.71 bits per heavy atom. The van der Waals surface area contributed by atoms with Gasteiger partial charge in [-0.2, -0.15) is 5.10 Å². The highest BCUT2D eigenvalue weighted by molar-refractivity contribution is 5.82. The van der Waals surface area contributed by atoms with Crippen LogP contribution in [0.5, 0.6) is 0 Å². The SMILES string of the molecule is CCn1nc(CC(N)C(F)F)c2ccccc21. The molecule has 0 saturated heterocycles. The summed E-state index contributed by atoms with van der Waals surface area (Å²) in [4.78, 5) is 0. The average Bonchev–Trinajstić information content (AvgIpc) is 2.68. The van der Waals surface area contributed by atoms with Crippen molar-refractivity contribution >= 4 is 10.9 Å². The summed E-state index contributed by atoms with van der Waals surface area (Å²) in [6, 6.07) is 6.46. The van der Waals surface area contributed by atoms with Gasteiger partial charge >= 0.3 is 0 Å². The van der Waals surface area contributed by atoms with Crippen LogP contribution in [0, 0.1) is 0 Å². The van der Waals surface area contributed by atoms with E-state index >= 15 is 0 Å². The van der Waals surface area contributed by atoms with Crippen LogP contribution < -0.4 is 5.73 Å². The molecule has 1 unspecified atom stereocenters. The number of hydrogen-bond donors (Lipinski definition) is 1. The lowest BCUT2D eigenvalue weighted by Gasteiger charge is -2.07. The molecule has 1 atom stereocenters. The van der Waals surface area contributed by atoms with E-state index < -0.39 is 12.5 Å². The highest BCUT2D eigenvalue weighted by atomic mass is 19.3. The number of aromatic nitrogens is 2. The monoisotopic (exact) mass is 239 g/mol. The largest absolute Gasteiger partial charge is 0.323 e. The van der Waals surface area contributed by atoms with Crippen molar-refractivity contribution in [3.63, 3.8) is 0 Å². The van der Waals surface area contributed by atoms with Gasteiger partial charge < -0.3 is 5.73 Å². The quantitative estimate of drug-likeness (QED) is 0.888. The van der Waals surface area contributed by atoms with E-state index in [9.17, 15) is 8.78 Å². The van der Waals surface area contributed by atoms with Crippen LogP contribution in [0.1, 0.15) is 12.6 Å². The number of nitrogens with two attached hydrogens (primary N) is 1. The molecule has 0 bridgehead atoms. The first-order chi connectivity index (χ1) is 8.13. The third kappa shape index (κ3) is 2.29. The number of nitrogens with zero attached hydrogens (tertiary/aromatic N) is 2. The van der Waals surface area contributed by atoms with Crippen LogP contribution in [-0.4, -0.2) is 22.2 Å². The maximum Gasteiger partial charge on any atom is 0.253 e. The molecule has 2 aromatic rings. The van der Waals surface area contributed by atoms with Crippen molar-refractivity contribution < 1.29 is 8.78 Å². The Morgan fingerprint density at radius 2 is 2.06 bits per heavy atom. The van der Waals surface area contributed by atoms with Crippen LogP contribution >= 0.6 is 0 Å². The van der Waals surface area contributed by atoms with Crippen molar-refractivity contribution in [1.82, 2.24) is 9.78 Å². The van der Waals surface area contributed by atoms with Gasteiger partial charge in [-0.1, -0.05) is 18.2 Å². The standard InChI is InChI=1S/C12H15F2N3/c1-2-17-11-6-4-3-5-8(11)10(16-17)7-9(15)12(13)14/h3-6,9,12H,2,7,15H2,1H3. The number of hydrogen-bond acceptors (Lipinski definition) is 2. The number of rotatable bonds is 4. The summed E-state index contributed by atoms with van der Waals surface area (Å²) in [6.45, 7) is 2.68. The predicted molar refractivity (Wildman–Crippen MR) is 63.1 cm³/mol. The van der Waals surface area contributed by atoms with Crippen LogP contribution in [0.3, 0.4) is 0 Å². The van der Waals surface area contributed by atoms with Gasteiger partial charge in [0.25, 0.3) is 6.43 Å². The zero-order valence-corrected chi connectivity index (χ0v) is 9.61. The summed E-state index contributed by atoms with van der Waals surface area (Å²) in [5.41, 5.74) is 7.00. The Morgan fingerprint density at radius 1 is 1.35 bits per heavy atom. The van der Waals surface area contributed by atoms with Crippen molar-refractivity contribution in [2.45, 2.75) is 32.4 Å². The lowest BCUT2D eigenvalue weighted by atomic mass is 10.1. The Kier molecular flexibility index (Phi) is 3.38. The smallest absolute Gasteiger partial charge is 0.253 e. The second-order valence-corrected chi connectivity index (χ2v) is 3.98. The molecule has 0 aliphatic rings. The number of aryl methyl sites for hydroxylation is 1. The zero-order chi connectivity index (χ0) is 12.4. The van der Waals surface area contributed by atoms with Gasteiger partial charge in [-0.3, -0.25) is 4.68 Å². The molecule has 2 rings (SSSR count). The van der Waals surface area contributed by atoms with Crippen LogP contribution in [0.2, 0.25) is 0 Å². The van der Waals surface area contributed by atoms with E-state index in [4.69, 9.17) is 5.73 Å². The molecule has 0 aliphatic carbocycles. The van der Waals surface area contributed by atoms with Crippen molar-refractivity contribution in [3.05, 3.63) is 30.0 Å². The molecular weight excluding hydrogens is 224 g/mol. The first-order valence-corrected chi connectivity index (χ1v) is 5.61. The molecule has 0 radical (unpaired) electrons. The Bertz CT molecular complexity index is 507. The van der Waals surface area contributed by atoms with Crippen LogP contribution in [0.25, 0.3) is 10.9 Å². The minimum Gasteiger partial charge on any atom is -0.323 e. The fourth-order valence-electron chi connectivity index (χ4n) is 1.90. The normalized spacial score (nSPS) is 13.5. The van der Waals surface area contributed by atoms with Crippen LogP contribution in [-0.2, 0) is 13.0 Å². The third-order valence-electron chi connectivity index (χ3n) is 2.79. The predicted octanol–water partition coefficient (Wildman–Crippen LogP) is 2.19. The number of halogens is 2. The van der Waals surface area contributed by atoms with Gasteiger partial charge in [0.15, 0.2) is 0 Å². The molecule has 0 aliphatic heterocycles. The van der Waals surface area contributed by atoms with E-state index in [2.05, 4.69) is 5.10 Å². The highest BCUT2D eigenvalue weighted by Crippen LogP contribution is 2.20. The van der Waals surface area contributed by atoms with Gasteiger partial charge in [-0.25, -0.2) is 8.78 Å². The topological polar surface area (TPSA) is 43.8 Å². The van der Waals surface area contributed by atoms with E-state index in [1.807, 2.05) is 35.9 Å². The molecule has 2 N–H and O–H groups in total. The van der Waals surface area contributed by atoms with E-state index in [0.717, 1.165) is 10.9 Å². The molecule has 1 heterocycles. The highest BCUT2D eigenvalue weighted by Gasteiger charge is 2.19. The van der Waals surface area contributed by atoms with Crippen LogP contribution in [0.4, 0.5) is 8.78 Å². The number of fused-ring (bicyclic) bond motifs is 1. The van der Waals surface area contributed by atoms with Crippen molar-refractivity contribution in [2.75, 3.05) is 0 Å². The number of alkyl halides is 2. The van der Waals surface area contributed by atoms with Gasteiger partial charge in [0, 0.05) is 18.4 Å². The summed E-state index contributed by atoms with van der Waals surface area (Å²) >= 11 is 0. The van der Waals surface area contributed by atoms with Gasteiger partial charge in [0.1, 0.15) is 0 Å². The molecule has 0 fully saturated rings. The lowest BCUT2D eigenvalue weighted by molar-refractivity contribution is 0.115. The molecule has 0 spiro atoms. The molecule has 1 aromatic heterocycles. The van der Waals surface area contributed by atoms with E-state index in [0.29, 0.717) is 12.2 Å². The first kappa shape index (κ1) is 12.0. The Balaban J connectivity index is 2.40. The molecule has 1 aromatic carbocycles. The summed E-state index contributed by atoms with van der Waals surface area (Å²) in [5.74, 6) is 0. The summed E-state index contributed by atoms with van der Waals surface area (Å²) in [7, 11) is 0. The third-order valence-corrected chi connectivity index (χ3v) is 2.79. The van der Waals surface area contributed by atoms with E-state index in [-0.39, 0.29) is 6.42 Å². The summed E-state index contributed by atoms with van der Waals surface area (Å²) in [6.07, 6.45) is -2.41. The van der Waals surface area contributed by atoms with Gasteiger partial charge in [0.2, 0.25) is 0 Å². The minimum absolute atomic E-state index is 0.102. The van der Waals surface area contributed by atoms with Crippen molar-refractivity contribution in [3.8, 4) is 0 Å². The minimum atomic E-state index is -2.51. The molecule has 0 amide bonds. The molecular formula is C12H15F2N3. The fourth-order valence-corrected chi connectivity index (χ4v) is 1.90. The maximum atomic E-state index is 12.4.